The van der Waals surface area contributed by atoms with E-state index in [1.807, 2.05) is 0 Å². The van der Waals surface area contributed by atoms with Crippen molar-refractivity contribution in [1.82, 2.24) is 4.90 Å². The number of alkyl halides is 3. The molecule has 0 aromatic heterocycles. The topological polar surface area (TPSA) is 41.6 Å². The molecular weight excluding hydrogens is 303 g/mol. The summed E-state index contributed by atoms with van der Waals surface area (Å²) >= 11 is 0. The van der Waals surface area contributed by atoms with Crippen LogP contribution in [0.2, 0.25) is 0 Å². The highest BCUT2D eigenvalue weighted by atomic mass is 19.4. The molecule has 126 valence electrons. The van der Waals surface area contributed by atoms with E-state index in [0.29, 0.717) is 25.3 Å². The van der Waals surface area contributed by atoms with E-state index in [1.54, 1.807) is 24.3 Å². The summed E-state index contributed by atoms with van der Waals surface area (Å²) in [5.74, 6) is 1.99. The molecule has 0 amide bonds. The summed E-state index contributed by atoms with van der Waals surface area (Å²) in [6.45, 7) is 0.570. The fourth-order valence-corrected chi connectivity index (χ4v) is 3.18. The van der Waals surface area contributed by atoms with E-state index in [1.165, 1.54) is 4.90 Å². The highest BCUT2D eigenvalue weighted by Gasteiger charge is 2.44. The monoisotopic (exact) mass is 325 g/mol. The van der Waals surface area contributed by atoms with Gasteiger partial charge in [0.25, 0.3) is 0 Å². The molecule has 0 radical (unpaired) electrons. The molecule has 1 atom stereocenters. The van der Waals surface area contributed by atoms with Crippen LogP contribution in [0.4, 0.5) is 13.2 Å². The molecule has 1 heterocycles. The van der Waals surface area contributed by atoms with Gasteiger partial charge in [0.1, 0.15) is 6.04 Å². The van der Waals surface area contributed by atoms with Crippen molar-refractivity contribution >= 4 is 5.84 Å². The molecule has 0 aromatic rings. The maximum Gasteiger partial charge on any atom is 0.449 e. The number of terminal acetylenes is 1. The summed E-state index contributed by atoms with van der Waals surface area (Å²) in [5, 5.41) is 0. The van der Waals surface area contributed by atoms with Crippen molar-refractivity contribution in [2.24, 2.45) is 16.6 Å². The molecule has 0 saturated heterocycles. The molecule has 3 nitrogen and oxygen atoms in total. The van der Waals surface area contributed by atoms with Crippen LogP contribution in [0.25, 0.3) is 0 Å². The molecule has 6 heteroatoms. The minimum absolute atomic E-state index is 0.00881. The molecule has 0 aromatic carbocycles. The van der Waals surface area contributed by atoms with Gasteiger partial charge in [0.15, 0.2) is 0 Å². The van der Waals surface area contributed by atoms with Gasteiger partial charge in [0.2, 0.25) is 5.84 Å². The predicted octanol–water partition coefficient (Wildman–Crippen LogP) is 2.89. The number of amidine groups is 1. The number of allylic oxidation sites excluding steroid dienone is 2. The molecule has 0 bridgehead atoms. The molecule has 1 aliphatic heterocycles. The highest BCUT2D eigenvalue weighted by molar-refractivity contribution is 5.89. The average molecular weight is 325 g/mol. The van der Waals surface area contributed by atoms with Gasteiger partial charge in [-0.3, -0.25) is 4.99 Å². The van der Waals surface area contributed by atoms with Gasteiger partial charge in [-0.05, 0) is 44.2 Å². The van der Waals surface area contributed by atoms with Crippen LogP contribution in [0, 0.1) is 18.3 Å². The van der Waals surface area contributed by atoms with Crippen molar-refractivity contribution in [3.63, 3.8) is 0 Å². The van der Waals surface area contributed by atoms with E-state index < -0.39 is 18.1 Å². The third-order valence-corrected chi connectivity index (χ3v) is 4.40. The fraction of sp³-hybridized carbons (Fsp3) is 0.588. The zero-order valence-corrected chi connectivity index (χ0v) is 13.0. The normalized spacial score (nSPS) is 30.7. The van der Waals surface area contributed by atoms with Gasteiger partial charge in [-0.15, -0.1) is 6.42 Å². The third-order valence-electron chi connectivity index (χ3n) is 4.40. The number of nitrogens with zero attached hydrogens (tertiary/aromatic N) is 2. The Bertz CT molecular complexity index is 520. The number of hydrogen-bond acceptors (Lipinski definition) is 3. The zero-order chi connectivity index (χ0) is 16.9. The Kier molecular flexibility index (Phi) is 5.89. The molecule has 0 spiro atoms. The van der Waals surface area contributed by atoms with E-state index in [9.17, 15) is 13.2 Å². The van der Waals surface area contributed by atoms with Crippen molar-refractivity contribution < 1.29 is 13.2 Å². The zero-order valence-electron chi connectivity index (χ0n) is 13.0. The molecule has 2 rings (SSSR count). The lowest BCUT2D eigenvalue weighted by Crippen LogP contribution is -2.52. The van der Waals surface area contributed by atoms with Crippen molar-refractivity contribution in [3.05, 3.63) is 24.3 Å². The summed E-state index contributed by atoms with van der Waals surface area (Å²) in [5.41, 5.74) is 5.67. The van der Waals surface area contributed by atoms with Crippen LogP contribution in [-0.2, 0) is 0 Å². The SMILES string of the molecule is C#C[C@H]1C=C/C=C\CN=C(C(F)(F)F)N1C1CCC(CN)CC1. The largest absolute Gasteiger partial charge is 0.449 e. The van der Waals surface area contributed by atoms with Crippen molar-refractivity contribution in [2.45, 2.75) is 43.9 Å². The summed E-state index contributed by atoms with van der Waals surface area (Å²) in [4.78, 5) is 5.07. The van der Waals surface area contributed by atoms with Gasteiger partial charge in [-0.25, -0.2) is 0 Å². The van der Waals surface area contributed by atoms with Crippen LogP contribution in [0.15, 0.2) is 29.3 Å². The van der Waals surface area contributed by atoms with Gasteiger partial charge in [-0.2, -0.15) is 13.2 Å². The van der Waals surface area contributed by atoms with E-state index >= 15 is 0 Å². The van der Waals surface area contributed by atoms with E-state index in [-0.39, 0.29) is 12.6 Å². The maximum atomic E-state index is 13.5. The second-order valence-electron chi connectivity index (χ2n) is 5.90. The first-order valence-corrected chi connectivity index (χ1v) is 7.87. The van der Waals surface area contributed by atoms with Crippen LogP contribution < -0.4 is 5.73 Å². The minimum Gasteiger partial charge on any atom is -0.332 e. The molecule has 1 aliphatic carbocycles. The summed E-state index contributed by atoms with van der Waals surface area (Å²) in [6, 6.07) is -1.01. The molecule has 1 fully saturated rings. The van der Waals surface area contributed by atoms with Crippen LogP contribution >= 0.6 is 0 Å². The van der Waals surface area contributed by atoms with Crippen molar-refractivity contribution in [3.8, 4) is 12.3 Å². The smallest absolute Gasteiger partial charge is 0.332 e. The molecule has 2 aliphatic rings. The van der Waals surface area contributed by atoms with Crippen molar-refractivity contribution in [1.29, 1.82) is 0 Å². The Balaban J connectivity index is 2.34. The summed E-state index contributed by atoms with van der Waals surface area (Å²) < 4.78 is 40.6. The van der Waals surface area contributed by atoms with Gasteiger partial charge < -0.3 is 10.6 Å². The molecule has 1 saturated carbocycles. The number of halogens is 3. The lowest BCUT2D eigenvalue weighted by Gasteiger charge is -2.41. The molecule has 0 unspecified atom stereocenters. The van der Waals surface area contributed by atoms with Crippen LogP contribution in [0.5, 0.6) is 0 Å². The molecule has 23 heavy (non-hydrogen) atoms. The van der Waals surface area contributed by atoms with Crippen LogP contribution in [-0.4, -0.2) is 42.1 Å². The fourth-order valence-electron chi connectivity index (χ4n) is 3.18. The Morgan fingerprint density at radius 3 is 2.52 bits per heavy atom. The van der Waals surface area contributed by atoms with Gasteiger partial charge >= 0.3 is 6.18 Å². The Labute approximate surface area is 135 Å². The highest BCUT2D eigenvalue weighted by Crippen LogP contribution is 2.32. The first-order valence-electron chi connectivity index (χ1n) is 7.87. The lowest BCUT2D eigenvalue weighted by atomic mass is 9.84. The Hall–Kier alpha value is -1.74. The third kappa shape index (κ3) is 4.38. The second-order valence-corrected chi connectivity index (χ2v) is 5.90. The van der Waals surface area contributed by atoms with E-state index in [0.717, 1.165) is 12.8 Å². The first-order chi connectivity index (χ1) is 11.0. The van der Waals surface area contributed by atoms with E-state index in [2.05, 4.69) is 10.9 Å². The van der Waals surface area contributed by atoms with Gasteiger partial charge in [0, 0.05) is 6.04 Å². The predicted molar refractivity (Wildman–Crippen MR) is 85.9 cm³/mol. The van der Waals surface area contributed by atoms with Gasteiger partial charge in [-0.1, -0.05) is 24.1 Å². The quantitative estimate of drug-likeness (QED) is 0.793. The number of rotatable bonds is 2. The summed E-state index contributed by atoms with van der Waals surface area (Å²) in [7, 11) is 0. The Morgan fingerprint density at radius 1 is 1.26 bits per heavy atom. The Morgan fingerprint density at radius 2 is 1.96 bits per heavy atom. The first kappa shape index (κ1) is 17.6. The van der Waals surface area contributed by atoms with Crippen LogP contribution in [0.3, 0.4) is 0 Å². The molecular formula is C17H22F3N3. The van der Waals surface area contributed by atoms with Gasteiger partial charge in [0.05, 0.1) is 6.54 Å². The number of hydrogen-bond donors (Lipinski definition) is 1. The number of aliphatic imine (C=N–C) groups is 1. The lowest BCUT2D eigenvalue weighted by molar-refractivity contribution is -0.0725. The van der Waals surface area contributed by atoms with Crippen LogP contribution in [0.1, 0.15) is 25.7 Å². The average Bonchev–Trinajstić information content (AvgIpc) is 2.64. The maximum absolute atomic E-state index is 13.5. The van der Waals surface area contributed by atoms with Crippen molar-refractivity contribution in [2.75, 3.05) is 13.1 Å². The second kappa shape index (κ2) is 7.69. The number of nitrogens with two attached hydrogens (primary N) is 1. The standard InChI is InChI=1S/C17H22F3N3/c1-2-14-6-4-3-5-11-22-16(17(18,19)20)23(14)15-9-7-13(12-21)8-10-15/h1,3-6,13-15H,7-12,21H2/b5-3-,6-4?,22-16?/t13?,14-,15?/m0/s1. The summed E-state index contributed by atoms with van der Waals surface area (Å²) in [6.07, 6.45) is 10.5. The minimum atomic E-state index is -4.52. The van der Waals surface area contributed by atoms with E-state index in [4.69, 9.17) is 12.2 Å². The molecule has 2 N–H and O–H groups in total.